The summed E-state index contributed by atoms with van der Waals surface area (Å²) >= 11 is 0. The fourth-order valence-corrected chi connectivity index (χ4v) is 3.37. The molecule has 0 radical (unpaired) electrons. The first-order valence-electron chi connectivity index (χ1n) is 7.55. The fraction of sp³-hybridized carbons (Fsp3) is 0.867. The van der Waals surface area contributed by atoms with E-state index in [4.69, 9.17) is 0 Å². The Bertz CT molecular complexity index is 359. The van der Waals surface area contributed by atoms with E-state index in [-0.39, 0.29) is 29.3 Å². The Morgan fingerprint density at radius 1 is 1.21 bits per heavy atom. The van der Waals surface area contributed by atoms with Gasteiger partial charge in [0.2, 0.25) is 11.8 Å². The molecule has 4 nitrogen and oxygen atoms in total. The maximum Gasteiger partial charge on any atom is 0.245 e. The third-order valence-corrected chi connectivity index (χ3v) is 4.66. The van der Waals surface area contributed by atoms with E-state index in [0.29, 0.717) is 13.0 Å². The van der Waals surface area contributed by atoms with Gasteiger partial charge in [-0.3, -0.25) is 9.59 Å². The highest BCUT2D eigenvalue weighted by atomic mass is 16.2. The zero-order chi connectivity index (χ0) is 14.0. The maximum absolute atomic E-state index is 12.7. The highest BCUT2D eigenvalue weighted by Crippen LogP contribution is 2.34. The highest BCUT2D eigenvalue weighted by molar-refractivity contribution is 5.90. The molecule has 1 aliphatic carbocycles. The molecule has 1 aliphatic heterocycles. The van der Waals surface area contributed by atoms with Crippen molar-refractivity contribution in [3.63, 3.8) is 0 Å². The first kappa shape index (κ1) is 14.4. The topological polar surface area (TPSA) is 49.4 Å². The number of nitrogens with zero attached hydrogens (tertiary/aromatic N) is 1. The number of rotatable bonds is 2. The van der Waals surface area contributed by atoms with Crippen LogP contribution in [-0.2, 0) is 9.59 Å². The summed E-state index contributed by atoms with van der Waals surface area (Å²) in [7, 11) is 0. The lowest BCUT2D eigenvalue weighted by Crippen LogP contribution is -2.56. The first-order chi connectivity index (χ1) is 8.94. The first-order valence-corrected chi connectivity index (χ1v) is 7.55. The molecule has 108 valence electrons. The van der Waals surface area contributed by atoms with Crippen LogP contribution in [0.4, 0.5) is 0 Å². The predicted octanol–water partition coefficient (Wildman–Crippen LogP) is 2.08. The van der Waals surface area contributed by atoms with Crippen LogP contribution in [0.15, 0.2) is 0 Å². The van der Waals surface area contributed by atoms with Gasteiger partial charge in [0, 0.05) is 18.5 Å². The monoisotopic (exact) mass is 266 g/mol. The van der Waals surface area contributed by atoms with Gasteiger partial charge >= 0.3 is 0 Å². The molecule has 0 bridgehead atoms. The lowest BCUT2D eigenvalue weighted by molar-refractivity contribution is -0.141. The fourth-order valence-electron chi connectivity index (χ4n) is 3.37. The van der Waals surface area contributed by atoms with Crippen LogP contribution in [0.5, 0.6) is 0 Å². The standard InChI is InChI=1S/C15H26N2O2/c1-11(2)13-14(19)17(10-7-12(18)16-13)15(3)8-5-4-6-9-15/h11,13H,4-10H2,1-3H3,(H,16,18). The molecule has 0 aromatic carbocycles. The summed E-state index contributed by atoms with van der Waals surface area (Å²) in [4.78, 5) is 26.5. The van der Waals surface area contributed by atoms with E-state index < -0.39 is 0 Å². The number of carbonyl (C=O) groups excluding carboxylic acids is 2. The number of carbonyl (C=O) groups is 2. The largest absolute Gasteiger partial charge is 0.344 e. The van der Waals surface area contributed by atoms with E-state index >= 15 is 0 Å². The second-order valence-electron chi connectivity index (χ2n) is 6.59. The molecule has 1 unspecified atom stereocenters. The summed E-state index contributed by atoms with van der Waals surface area (Å²) in [6.45, 7) is 6.76. The normalized spacial score (nSPS) is 28.2. The third-order valence-electron chi connectivity index (χ3n) is 4.66. The van der Waals surface area contributed by atoms with Gasteiger partial charge in [-0.25, -0.2) is 0 Å². The van der Waals surface area contributed by atoms with Gasteiger partial charge in [-0.05, 0) is 25.7 Å². The Morgan fingerprint density at radius 2 is 1.84 bits per heavy atom. The van der Waals surface area contributed by atoms with Crippen LogP contribution in [0.1, 0.15) is 59.3 Å². The zero-order valence-electron chi connectivity index (χ0n) is 12.4. The van der Waals surface area contributed by atoms with Crippen LogP contribution >= 0.6 is 0 Å². The van der Waals surface area contributed by atoms with Gasteiger partial charge in [0.15, 0.2) is 0 Å². The van der Waals surface area contributed by atoms with Gasteiger partial charge in [-0.15, -0.1) is 0 Å². The van der Waals surface area contributed by atoms with Crippen molar-refractivity contribution in [1.82, 2.24) is 10.2 Å². The minimum Gasteiger partial charge on any atom is -0.344 e. The second kappa shape index (κ2) is 5.51. The molecule has 1 heterocycles. The van der Waals surface area contributed by atoms with Crippen LogP contribution in [0.3, 0.4) is 0 Å². The van der Waals surface area contributed by atoms with Crippen molar-refractivity contribution >= 4 is 11.8 Å². The lowest BCUT2D eigenvalue weighted by Gasteiger charge is -2.44. The smallest absolute Gasteiger partial charge is 0.245 e. The highest BCUT2D eigenvalue weighted by Gasteiger charge is 2.41. The molecule has 2 rings (SSSR count). The summed E-state index contributed by atoms with van der Waals surface area (Å²) in [6, 6.07) is -0.353. The average Bonchev–Trinajstić information content (AvgIpc) is 2.50. The Labute approximate surface area is 115 Å². The van der Waals surface area contributed by atoms with Crippen LogP contribution in [0, 0.1) is 5.92 Å². The molecule has 0 aromatic heterocycles. The Kier molecular flexibility index (Phi) is 4.16. The van der Waals surface area contributed by atoms with E-state index in [9.17, 15) is 9.59 Å². The molecule has 2 amide bonds. The number of hydrogen-bond donors (Lipinski definition) is 1. The molecule has 4 heteroatoms. The van der Waals surface area contributed by atoms with Gasteiger partial charge in [0.25, 0.3) is 0 Å². The summed E-state index contributed by atoms with van der Waals surface area (Å²) in [5, 5.41) is 2.88. The van der Waals surface area contributed by atoms with E-state index in [0.717, 1.165) is 12.8 Å². The van der Waals surface area contributed by atoms with Gasteiger partial charge in [0.1, 0.15) is 6.04 Å². The Morgan fingerprint density at radius 3 is 2.42 bits per heavy atom. The predicted molar refractivity (Wildman–Crippen MR) is 74.6 cm³/mol. The molecular weight excluding hydrogens is 240 g/mol. The second-order valence-corrected chi connectivity index (χ2v) is 6.59. The van der Waals surface area contributed by atoms with Crippen LogP contribution in [0.2, 0.25) is 0 Å². The lowest BCUT2D eigenvalue weighted by atomic mass is 9.81. The van der Waals surface area contributed by atoms with Crippen molar-refractivity contribution in [3.8, 4) is 0 Å². The van der Waals surface area contributed by atoms with Crippen molar-refractivity contribution in [3.05, 3.63) is 0 Å². The molecule has 1 N–H and O–H groups in total. The third kappa shape index (κ3) is 2.93. The molecule has 1 atom stereocenters. The molecule has 1 saturated heterocycles. The Hall–Kier alpha value is -1.06. The van der Waals surface area contributed by atoms with E-state index in [1.54, 1.807) is 0 Å². The van der Waals surface area contributed by atoms with Gasteiger partial charge < -0.3 is 10.2 Å². The molecule has 19 heavy (non-hydrogen) atoms. The van der Waals surface area contributed by atoms with Crippen molar-refractivity contribution < 1.29 is 9.59 Å². The number of nitrogens with one attached hydrogen (secondary N) is 1. The molecule has 0 spiro atoms. The summed E-state index contributed by atoms with van der Waals surface area (Å²) in [6.07, 6.45) is 6.21. The minimum atomic E-state index is -0.353. The minimum absolute atomic E-state index is 0.00830. The molecular formula is C15H26N2O2. The van der Waals surface area contributed by atoms with Gasteiger partial charge in [0.05, 0.1) is 0 Å². The van der Waals surface area contributed by atoms with Gasteiger partial charge in [-0.2, -0.15) is 0 Å². The van der Waals surface area contributed by atoms with E-state index in [1.807, 2.05) is 18.7 Å². The zero-order valence-corrected chi connectivity index (χ0v) is 12.4. The SMILES string of the molecule is CC(C)C1NC(=O)CCN(C2(C)CCCCC2)C1=O. The maximum atomic E-state index is 12.7. The van der Waals surface area contributed by atoms with Crippen LogP contribution < -0.4 is 5.32 Å². The molecule has 2 fully saturated rings. The average molecular weight is 266 g/mol. The number of amides is 2. The van der Waals surface area contributed by atoms with Crippen molar-refractivity contribution in [1.29, 1.82) is 0 Å². The molecule has 1 saturated carbocycles. The van der Waals surface area contributed by atoms with Crippen LogP contribution in [-0.4, -0.2) is 34.8 Å². The van der Waals surface area contributed by atoms with Crippen molar-refractivity contribution in [2.75, 3.05) is 6.54 Å². The molecule has 2 aliphatic rings. The van der Waals surface area contributed by atoms with Crippen molar-refractivity contribution in [2.45, 2.75) is 70.9 Å². The summed E-state index contributed by atoms with van der Waals surface area (Å²) in [5.74, 6) is 0.267. The van der Waals surface area contributed by atoms with Crippen molar-refractivity contribution in [2.24, 2.45) is 5.92 Å². The van der Waals surface area contributed by atoms with E-state index in [1.165, 1.54) is 19.3 Å². The van der Waals surface area contributed by atoms with E-state index in [2.05, 4.69) is 12.2 Å². The Balaban J connectivity index is 2.22. The van der Waals surface area contributed by atoms with Crippen LogP contribution in [0.25, 0.3) is 0 Å². The summed E-state index contributed by atoms with van der Waals surface area (Å²) < 4.78 is 0. The molecule has 0 aromatic rings. The van der Waals surface area contributed by atoms with Gasteiger partial charge in [-0.1, -0.05) is 33.1 Å². The quantitative estimate of drug-likeness (QED) is 0.832. The summed E-state index contributed by atoms with van der Waals surface area (Å²) in [5.41, 5.74) is -0.0469. The number of hydrogen-bond acceptors (Lipinski definition) is 2.